The Labute approximate surface area is 149 Å². The molecule has 1 N–H and O–H groups in total. The van der Waals surface area contributed by atoms with Crippen LogP contribution in [0.5, 0.6) is 0 Å². The van der Waals surface area contributed by atoms with E-state index in [2.05, 4.69) is 10.1 Å². The quantitative estimate of drug-likeness (QED) is 0.601. The third-order valence-corrected chi connectivity index (χ3v) is 4.04. The summed E-state index contributed by atoms with van der Waals surface area (Å²) >= 11 is 0. The van der Waals surface area contributed by atoms with E-state index in [-0.39, 0.29) is 5.56 Å². The fourth-order valence-corrected chi connectivity index (χ4v) is 2.78. The van der Waals surface area contributed by atoms with E-state index in [1.54, 1.807) is 29.1 Å². The smallest absolute Gasteiger partial charge is 0.336 e. The van der Waals surface area contributed by atoms with Gasteiger partial charge in [-0.05, 0) is 36.4 Å². The van der Waals surface area contributed by atoms with E-state index >= 15 is 0 Å². The van der Waals surface area contributed by atoms with E-state index < -0.39 is 5.97 Å². The van der Waals surface area contributed by atoms with Crippen LogP contribution in [0.1, 0.15) is 21.6 Å². The first-order chi connectivity index (χ1) is 12.7. The Morgan fingerprint density at radius 1 is 1.00 bits per heavy atom. The maximum atomic E-state index is 11.5. The van der Waals surface area contributed by atoms with Gasteiger partial charge in [-0.3, -0.25) is 0 Å². The molecule has 0 unspecified atom stereocenters. The van der Waals surface area contributed by atoms with Crippen molar-refractivity contribution in [1.29, 1.82) is 0 Å². The summed E-state index contributed by atoms with van der Waals surface area (Å²) in [6.07, 6.45) is 7.33. The van der Waals surface area contributed by atoms with Crippen molar-refractivity contribution in [2.24, 2.45) is 0 Å². The van der Waals surface area contributed by atoms with Gasteiger partial charge < -0.3 is 5.11 Å². The summed E-state index contributed by atoms with van der Waals surface area (Å²) in [5.41, 5.74) is 3.38. The summed E-state index contributed by atoms with van der Waals surface area (Å²) in [6.45, 7) is 0. The molecule has 2 aromatic heterocycles. The first kappa shape index (κ1) is 15.8. The number of aromatic carboxylic acids is 1. The topological polar surface area (TPSA) is 68.0 Å². The highest BCUT2D eigenvalue weighted by Gasteiger charge is 2.10. The second-order valence-corrected chi connectivity index (χ2v) is 5.80. The van der Waals surface area contributed by atoms with Crippen molar-refractivity contribution in [2.45, 2.75) is 0 Å². The Morgan fingerprint density at radius 3 is 2.58 bits per heavy atom. The van der Waals surface area contributed by atoms with Crippen LogP contribution in [0.2, 0.25) is 0 Å². The normalized spacial score (nSPS) is 11.2. The van der Waals surface area contributed by atoms with E-state index in [0.29, 0.717) is 16.6 Å². The molecule has 0 radical (unpaired) electrons. The lowest BCUT2D eigenvalue weighted by Crippen LogP contribution is -2.00. The number of hydrogen-bond donors (Lipinski definition) is 1. The molecule has 2 heterocycles. The summed E-state index contributed by atoms with van der Waals surface area (Å²) in [5, 5.41) is 14.4. The fraction of sp³-hybridized carbons (Fsp3) is 0. The van der Waals surface area contributed by atoms with E-state index in [1.807, 2.05) is 60.8 Å². The number of benzene rings is 2. The number of aromatic nitrogens is 3. The molecule has 126 valence electrons. The van der Waals surface area contributed by atoms with Crippen LogP contribution in [0.15, 0.2) is 73.1 Å². The zero-order valence-corrected chi connectivity index (χ0v) is 13.8. The number of carboxylic acid groups (broad SMARTS) is 1. The van der Waals surface area contributed by atoms with Crippen LogP contribution >= 0.6 is 0 Å². The van der Waals surface area contributed by atoms with Crippen LogP contribution in [-0.4, -0.2) is 25.8 Å². The molecule has 2 aromatic carbocycles. The molecule has 0 aliphatic carbocycles. The molecule has 0 aliphatic heterocycles. The minimum absolute atomic E-state index is 0.246. The highest BCUT2D eigenvalue weighted by molar-refractivity contribution is 6.03. The van der Waals surface area contributed by atoms with Gasteiger partial charge in [-0.1, -0.05) is 36.4 Å². The van der Waals surface area contributed by atoms with Crippen molar-refractivity contribution < 1.29 is 9.90 Å². The standard InChI is InChI=1S/C21H15N3O2/c25-21(26)19-12-16(23-20-9-5-4-8-18(19)20)11-10-15-13-22-24(14-15)17-6-2-1-3-7-17/h1-14H,(H,25,26)/b11-10+. The maximum Gasteiger partial charge on any atom is 0.336 e. The van der Waals surface area contributed by atoms with Crippen LogP contribution < -0.4 is 0 Å². The molecule has 4 rings (SSSR count). The van der Waals surface area contributed by atoms with Crippen molar-refractivity contribution in [3.8, 4) is 5.69 Å². The predicted molar refractivity (Wildman–Crippen MR) is 101 cm³/mol. The Balaban J connectivity index is 1.67. The lowest BCUT2D eigenvalue weighted by Gasteiger charge is -2.03. The third kappa shape index (κ3) is 3.10. The van der Waals surface area contributed by atoms with Gasteiger partial charge in [-0.15, -0.1) is 0 Å². The second kappa shape index (κ2) is 6.64. The number of carboxylic acids is 1. The van der Waals surface area contributed by atoms with E-state index in [4.69, 9.17) is 0 Å². The highest BCUT2D eigenvalue weighted by Crippen LogP contribution is 2.20. The summed E-state index contributed by atoms with van der Waals surface area (Å²) in [7, 11) is 0. The molecule has 0 amide bonds. The number of rotatable bonds is 4. The molecule has 5 nitrogen and oxygen atoms in total. The number of hydrogen-bond acceptors (Lipinski definition) is 3. The highest BCUT2D eigenvalue weighted by atomic mass is 16.4. The van der Waals surface area contributed by atoms with Crippen molar-refractivity contribution in [3.05, 3.63) is 89.9 Å². The van der Waals surface area contributed by atoms with Gasteiger partial charge in [-0.25, -0.2) is 14.5 Å². The molecule has 4 aromatic rings. The lowest BCUT2D eigenvalue weighted by atomic mass is 10.1. The zero-order chi connectivity index (χ0) is 17.9. The molecular weight excluding hydrogens is 326 g/mol. The van der Waals surface area contributed by atoms with Crippen molar-refractivity contribution >= 4 is 29.0 Å². The molecule has 0 saturated heterocycles. The minimum Gasteiger partial charge on any atom is -0.478 e. The molecule has 0 saturated carbocycles. The predicted octanol–water partition coefficient (Wildman–Crippen LogP) is 4.29. The van der Waals surface area contributed by atoms with E-state index in [9.17, 15) is 9.90 Å². The molecule has 26 heavy (non-hydrogen) atoms. The summed E-state index contributed by atoms with van der Waals surface area (Å²) in [5.74, 6) is -0.963. The number of carbonyl (C=O) groups is 1. The second-order valence-electron chi connectivity index (χ2n) is 5.80. The Hall–Kier alpha value is -3.73. The maximum absolute atomic E-state index is 11.5. The minimum atomic E-state index is -0.963. The number of para-hydroxylation sites is 2. The summed E-state index contributed by atoms with van der Waals surface area (Å²) < 4.78 is 1.79. The molecule has 0 fully saturated rings. The summed E-state index contributed by atoms with van der Waals surface area (Å²) in [4.78, 5) is 16.1. The van der Waals surface area contributed by atoms with Gasteiger partial charge in [-0.2, -0.15) is 5.10 Å². The van der Waals surface area contributed by atoms with Crippen molar-refractivity contribution in [1.82, 2.24) is 14.8 Å². The van der Waals surface area contributed by atoms with Gasteiger partial charge in [0, 0.05) is 17.1 Å². The average molecular weight is 341 g/mol. The first-order valence-electron chi connectivity index (χ1n) is 8.12. The van der Waals surface area contributed by atoms with Gasteiger partial charge in [0.05, 0.1) is 28.7 Å². The first-order valence-corrected chi connectivity index (χ1v) is 8.12. The van der Waals surface area contributed by atoms with Gasteiger partial charge in [0.2, 0.25) is 0 Å². The largest absolute Gasteiger partial charge is 0.478 e. The molecular formula is C21H15N3O2. The van der Waals surface area contributed by atoms with Crippen LogP contribution in [0.4, 0.5) is 0 Å². The lowest BCUT2D eigenvalue weighted by molar-refractivity contribution is 0.0699. The van der Waals surface area contributed by atoms with Crippen LogP contribution in [-0.2, 0) is 0 Å². The SMILES string of the molecule is O=C(O)c1cc(/C=C/c2cnn(-c3ccccc3)c2)nc2ccccc12. The molecule has 0 spiro atoms. The van der Waals surface area contributed by atoms with Crippen molar-refractivity contribution in [2.75, 3.05) is 0 Å². The van der Waals surface area contributed by atoms with Crippen molar-refractivity contribution in [3.63, 3.8) is 0 Å². The van der Waals surface area contributed by atoms with Gasteiger partial charge >= 0.3 is 5.97 Å². The molecule has 0 atom stereocenters. The molecule has 0 bridgehead atoms. The van der Waals surface area contributed by atoms with Gasteiger partial charge in [0.1, 0.15) is 0 Å². The third-order valence-electron chi connectivity index (χ3n) is 4.04. The van der Waals surface area contributed by atoms with Gasteiger partial charge in [0.15, 0.2) is 0 Å². The van der Waals surface area contributed by atoms with Gasteiger partial charge in [0.25, 0.3) is 0 Å². The van der Waals surface area contributed by atoms with E-state index in [0.717, 1.165) is 11.3 Å². The van der Waals surface area contributed by atoms with Crippen LogP contribution in [0.3, 0.4) is 0 Å². The van der Waals surface area contributed by atoms with Crippen LogP contribution in [0, 0.1) is 0 Å². The summed E-state index contributed by atoms with van der Waals surface area (Å²) in [6, 6.07) is 18.6. The Bertz CT molecular complexity index is 1110. The monoisotopic (exact) mass is 341 g/mol. The van der Waals surface area contributed by atoms with Crippen LogP contribution in [0.25, 0.3) is 28.7 Å². The average Bonchev–Trinajstić information content (AvgIpc) is 3.15. The zero-order valence-electron chi connectivity index (χ0n) is 13.8. The number of pyridine rings is 1. The fourth-order valence-electron chi connectivity index (χ4n) is 2.78. The Morgan fingerprint density at radius 2 is 1.77 bits per heavy atom. The molecule has 5 heteroatoms. The van der Waals surface area contributed by atoms with E-state index in [1.165, 1.54) is 0 Å². The Kier molecular flexibility index (Phi) is 4.03. The number of nitrogens with zero attached hydrogens (tertiary/aromatic N) is 3. The molecule has 0 aliphatic rings. The number of fused-ring (bicyclic) bond motifs is 1.